The Bertz CT molecular complexity index is 1300. The largest absolute Gasteiger partial charge is 0.388 e. The van der Waals surface area contributed by atoms with Crippen LogP contribution >= 0.6 is 0 Å². The molecule has 0 radical (unpaired) electrons. The fraction of sp³-hybridized carbons (Fsp3) is 0.562. The molecule has 0 aromatic heterocycles. The van der Waals surface area contributed by atoms with E-state index in [0.717, 1.165) is 42.6 Å². The van der Waals surface area contributed by atoms with Crippen LogP contribution in [0.2, 0.25) is 0 Å². The summed E-state index contributed by atoms with van der Waals surface area (Å²) in [7, 11) is 0. The first-order valence-electron chi connectivity index (χ1n) is 15.0. The van der Waals surface area contributed by atoms with Gasteiger partial charge in [0, 0.05) is 29.6 Å². The lowest BCUT2D eigenvalue weighted by atomic mass is 9.69. The van der Waals surface area contributed by atoms with Crippen LogP contribution in [0.3, 0.4) is 0 Å². The van der Waals surface area contributed by atoms with Crippen LogP contribution in [-0.4, -0.2) is 82.8 Å². The SMILES string of the molecule is CCCC1OC[C@H]2O[C@@H](CC(=O)[C@@H]3C(c4ccccc4)C4CCCN4[C@@]34C(=O)Nc3ccccc34)[C@H](O)[C@@H](O)[C@@H]2O1. The lowest BCUT2D eigenvalue weighted by molar-refractivity contribution is -0.325. The van der Waals surface area contributed by atoms with Gasteiger partial charge in [-0.3, -0.25) is 14.5 Å². The van der Waals surface area contributed by atoms with Crippen molar-refractivity contribution in [3.8, 4) is 0 Å². The molecule has 41 heavy (non-hydrogen) atoms. The Labute approximate surface area is 239 Å². The van der Waals surface area contributed by atoms with Crippen LogP contribution < -0.4 is 5.32 Å². The summed E-state index contributed by atoms with van der Waals surface area (Å²) in [5, 5.41) is 25.3. The number of benzene rings is 2. The van der Waals surface area contributed by atoms with E-state index in [2.05, 4.69) is 10.2 Å². The zero-order valence-electron chi connectivity index (χ0n) is 23.2. The molecule has 4 fully saturated rings. The normalized spacial score (nSPS) is 39.8. The van der Waals surface area contributed by atoms with Crippen molar-refractivity contribution in [1.29, 1.82) is 0 Å². The zero-order valence-corrected chi connectivity index (χ0v) is 23.2. The number of carbonyl (C=O) groups excluding carboxylic acids is 2. The molecule has 3 unspecified atom stereocenters. The molecule has 2 aromatic rings. The molecular weight excluding hydrogens is 524 g/mol. The van der Waals surface area contributed by atoms with E-state index >= 15 is 0 Å². The Balaban J connectivity index is 1.25. The summed E-state index contributed by atoms with van der Waals surface area (Å²) in [6.45, 7) is 2.96. The first-order valence-corrected chi connectivity index (χ1v) is 15.0. The van der Waals surface area contributed by atoms with Crippen LogP contribution in [0, 0.1) is 5.92 Å². The van der Waals surface area contributed by atoms with Crippen molar-refractivity contribution in [3.05, 3.63) is 65.7 Å². The van der Waals surface area contributed by atoms with Crippen molar-refractivity contribution in [2.24, 2.45) is 5.92 Å². The Hall–Kier alpha value is -2.66. The summed E-state index contributed by atoms with van der Waals surface area (Å²) >= 11 is 0. The van der Waals surface area contributed by atoms with Gasteiger partial charge in [0.2, 0.25) is 5.91 Å². The minimum absolute atomic E-state index is 0.0195. The van der Waals surface area contributed by atoms with Crippen LogP contribution in [0.25, 0.3) is 0 Å². The maximum Gasteiger partial charge on any atom is 0.250 e. The standard InChI is InChI=1S/C32H38N2O7/c1-2-9-25-39-17-24-30(41-25)29(37)28(36)23(40-24)16-22(35)27-26(18-10-4-3-5-11-18)21-14-8-15-34(21)32(27)19-12-6-7-13-20(19)33-31(32)38/h3-7,10-13,21,23-30,36-37H,2,8-9,14-17H2,1H3,(H,33,38)/t21?,23-,24+,25?,26?,27+,28-,29+,30+,32+/m0/s1. The number of aliphatic hydroxyl groups is 2. The number of hydrogen-bond donors (Lipinski definition) is 3. The van der Waals surface area contributed by atoms with Gasteiger partial charge in [-0.2, -0.15) is 0 Å². The molecule has 5 aliphatic heterocycles. The van der Waals surface area contributed by atoms with Gasteiger partial charge in [0.15, 0.2) is 6.29 Å². The van der Waals surface area contributed by atoms with Crippen molar-refractivity contribution in [1.82, 2.24) is 4.90 Å². The number of hydrogen-bond acceptors (Lipinski definition) is 8. The van der Waals surface area contributed by atoms with Crippen molar-refractivity contribution in [2.45, 2.75) is 93.3 Å². The predicted molar refractivity (Wildman–Crippen MR) is 149 cm³/mol. The van der Waals surface area contributed by atoms with Gasteiger partial charge in [-0.25, -0.2) is 0 Å². The molecule has 10 atom stereocenters. The van der Waals surface area contributed by atoms with E-state index in [1.165, 1.54) is 0 Å². The molecule has 1 spiro atoms. The van der Waals surface area contributed by atoms with Crippen molar-refractivity contribution in [2.75, 3.05) is 18.5 Å². The summed E-state index contributed by atoms with van der Waals surface area (Å²) in [6, 6.07) is 17.7. The number of carbonyl (C=O) groups is 2. The number of ketones is 1. The van der Waals surface area contributed by atoms with Gasteiger partial charge in [-0.1, -0.05) is 61.9 Å². The maximum absolute atomic E-state index is 14.7. The van der Waals surface area contributed by atoms with Gasteiger partial charge < -0.3 is 29.7 Å². The first-order chi connectivity index (χ1) is 19.9. The predicted octanol–water partition coefficient (Wildman–Crippen LogP) is 2.70. The molecule has 1 amide bonds. The second-order valence-corrected chi connectivity index (χ2v) is 12.1. The number of Topliss-reactive ketones (excluding diaryl/α,β-unsaturated/α-hetero) is 1. The van der Waals surface area contributed by atoms with E-state index in [4.69, 9.17) is 14.2 Å². The van der Waals surface area contributed by atoms with Gasteiger partial charge in [0.1, 0.15) is 35.7 Å². The Morgan fingerprint density at radius 2 is 1.85 bits per heavy atom. The number of rotatable bonds is 6. The number of ether oxygens (including phenoxy) is 3. The lowest BCUT2D eigenvalue weighted by Crippen LogP contribution is -2.63. The number of para-hydroxylation sites is 1. The highest BCUT2D eigenvalue weighted by atomic mass is 16.7. The molecule has 5 aliphatic rings. The van der Waals surface area contributed by atoms with E-state index < -0.39 is 48.3 Å². The number of aliphatic hydroxyl groups excluding tert-OH is 2. The Morgan fingerprint density at radius 1 is 1.07 bits per heavy atom. The summed E-state index contributed by atoms with van der Waals surface area (Å²) < 4.78 is 17.9. The summed E-state index contributed by atoms with van der Waals surface area (Å²) in [5.41, 5.74) is 1.44. The van der Waals surface area contributed by atoms with Gasteiger partial charge in [-0.05, 0) is 37.4 Å². The van der Waals surface area contributed by atoms with Crippen LogP contribution in [0.15, 0.2) is 54.6 Å². The quantitative estimate of drug-likeness (QED) is 0.492. The van der Waals surface area contributed by atoms with Gasteiger partial charge in [0.05, 0.1) is 18.6 Å². The number of nitrogens with one attached hydrogen (secondary N) is 1. The van der Waals surface area contributed by atoms with E-state index in [-0.39, 0.29) is 36.7 Å². The average molecular weight is 563 g/mol. The molecule has 0 aliphatic carbocycles. The fourth-order valence-electron chi connectivity index (χ4n) is 8.26. The molecule has 9 nitrogen and oxygen atoms in total. The second-order valence-electron chi connectivity index (χ2n) is 12.1. The molecule has 3 N–H and O–H groups in total. The topological polar surface area (TPSA) is 118 Å². The highest BCUT2D eigenvalue weighted by Crippen LogP contribution is 2.61. The van der Waals surface area contributed by atoms with E-state index in [1.54, 1.807) is 0 Å². The molecule has 0 saturated carbocycles. The highest BCUT2D eigenvalue weighted by Gasteiger charge is 2.69. The molecular formula is C32H38N2O7. The van der Waals surface area contributed by atoms with E-state index in [0.29, 0.717) is 6.42 Å². The zero-order chi connectivity index (χ0) is 28.3. The molecule has 0 bridgehead atoms. The maximum atomic E-state index is 14.7. The van der Waals surface area contributed by atoms with Gasteiger partial charge in [-0.15, -0.1) is 0 Å². The van der Waals surface area contributed by atoms with Crippen molar-refractivity contribution < 1.29 is 34.0 Å². The lowest BCUT2D eigenvalue weighted by Gasteiger charge is -2.47. The Kier molecular flexibility index (Phi) is 7.00. The monoisotopic (exact) mass is 562 g/mol. The highest BCUT2D eigenvalue weighted by molar-refractivity contribution is 6.10. The minimum atomic E-state index is -1.31. The minimum Gasteiger partial charge on any atom is -0.388 e. The van der Waals surface area contributed by atoms with E-state index in [9.17, 15) is 19.8 Å². The summed E-state index contributed by atoms with van der Waals surface area (Å²) in [4.78, 5) is 31.0. The van der Waals surface area contributed by atoms with Crippen LogP contribution in [-0.2, 0) is 29.3 Å². The molecule has 2 aromatic carbocycles. The average Bonchev–Trinajstić information content (AvgIpc) is 3.65. The van der Waals surface area contributed by atoms with Crippen molar-refractivity contribution >= 4 is 17.4 Å². The van der Waals surface area contributed by atoms with E-state index in [1.807, 2.05) is 61.5 Å². The summed E-state index contributed by atoms with van der Waals surface area (Å²) in [6.07, 6.45) is -2.00. The third-order valence-corrected chi connectivity index (χ3v) is 9.90. The number of fused-ring (bicyclic) bond motifs is 5. The molecule has 7 rings (SSSR count). The molecule has 4 saturated heterocycles. The molecule has 5 heterocycles. The third kappa shape index (κ3) is 4.12. The number of nitrogens with zero attached hydrogens (tertiary/aromatic N) is 1. The van der Waals surface area contributed by atoms with Crippen molar-refractivity contribution in [3.63, 3.8) is 0 Å². The van der Waals surface area contributed by atoms with Crippen LogP contribution in [0.1, 0.15) is 56.1 Å². The molecule has 9 heteroatoms. The Morgan fingerprint density at radius 3 is 2.66 bits per heavy atom. The van der Waals surface area contributed by atoms with Crippen LogP contribution in [0.4, 0.5) is 5.69 Å². The second kappa shape index (κ2) is 10.6. The number of amides is 1. The summed E-state index contributed by atoms with van der Waals surface area (Å²) in [5.74, 6) is -1.24. The molecule has 218 valence electrons. The van der Waals surface area contributed by atoms with Crippen LogP contribution in [0.5, 0.6) is 0 Å². The number of anilines is 1. The smallest absolute Gasteiger partial charge is 0.250 e. The fourth-order valence-corrected chi connectivity index (χ4v) is 8.26. The van der Waals surface area contributed by atoms with Gasteiger partial charge in [0.25, 0.3) is 0 Å². The third-order valence-electron chi connectivity index (χ3n) is 9.90. The first kappa shape index (κ1) is 27.2. The van der Waals surface area contributed by atoms with Gasteiger partial charge >= 0.3 is 0 Å².